The van der Waals surface area contributed by atoms with Gasteiger partial charge in [0.2, 0.25) is 5.69 Å². The summed E-state index contributed by atoms with van der Waals surface area (Å²) in [4.78, 5) is 40.9. The molecule has 1 unspecified atom stereocenters. The van der Waals surface area contributed by atoms with E-state index in [2.05, 4.69) is 10.6 Å². The van der Waals surface area contributed by atoms with Gasteiger partial charge in [0.1, 0.15) is 11.4 Å². The van der Waals surface area contributed by atoms with E-state index in [0.717, 1.165) is 18.2 Å². The van der Waals surface area contributed by atoms with Crippen molar-refractivity contribution in [2.75, 3.05) is 59.8 Å². The Balaban J connectivity index is 2.10. The second-order valence-electron chi connectivity index (χ2n) is 16.9. The average molecular weight is 1110 g/mol. The van der Waals surface area contributed by atoms with E-state index < -0.39 is 147 Å². The van der Waals surface area contributed by atoms with Crippen molar-refractivity contribution in [3.05, 3.63) is 76.0 Å². The molecule has 2 heterocycles. The van der Waals surface area contributed by atoms with Crippen LogP contribution < -0.4 is 15.5 Å². The number of hydrogen-bond donors (Lipinski definition) is 9. The Labute approximate surface area is 404 Å². The van der Waals surface area contributed by atoms with Crippen molar-refractivity contribution in [3.8, 4) is 0 Å². The van der Waals surface area contributed by atoms with Crippen molar-refractivity contribution in [2.24, 2.45) is 0 Å². The van der Waals surface area contributed by atoms with Crippen LogP contribution in [0.2, 0.25) is 0 Å². The maximum atomic E-state index is 14.1. The molecule has 70 heavy (non-hydrogen) atoms. The molecule has 2 aliphatic heterocycles. The molecule has 0 saturated heterocycles. The highest BCUT2D eigenvalue weighted by molar-refractivity contribution is 7.87. The number of fused-ring (bicyclic) bond motifs is 2. The standard InChI is InChI=1S/C38H50N4O22S6/c1-37(2)30(41(13-6-16-66(50,51)52)29-23-25(70(62,63)64)22-27(32(29)37)36(45)46)8-4-9-31-38(3,10-5-15-65(47,48)49)33-26(35(44)40-12-19-69(59,60)61)20-24(34(43)39-11-18-68(56,57)58)21-28(33)42(31)14-7-17-67(53,54)55/h4,8-9,20-23H,5-7,10-19H2,1-3H3,(H8-,39,40,43,44,45,46,47,48,49,50,51,52,53,54,55,56,57,58,59,60,61,62,63,64)/p+1. The van der Waals surface area contributed by atoms with Crippen LogP contribution in [0.1, 0.15) is 88.7 Å². The Morgan fingerprint density at radius 2 is 1.16 bits per heavy atom. The predicted octanol–water partition coefficient (Wildman–Crippen LogP) is 0.685. The summed E-state index contributed by atoms with van der Waals surface area (Å²) in [6, 6.07) is 3.89. The molecule has 390 valence electrons. The minimum Gasteiger partial charge on any atom is -0.478 e. The second kappa shape index (κ2) is 21.2. The molecule has 0 aromatic heterocycles. The number of carboxylic acids is 1. The van der Waals surface area contributed by atoms with Gasteiger partial charge in [-0.05, 0) is 64.3 Å². The highest BCUT2D eigenvalue weighted by Crippen LogP contribution is 2.53. The number of nitrogens with one attached hydrogen (secondary N) is 2. The number of carbonyl (C=O) groups excluding carboxylic acids is 2. The molecule has 0 radical (unpaired) electrons. The number of aromatic carboxylic acids is 1. The maximum Gasteiger partial charge on any atom is 0.336 e. The van der Waals surface area contributed by atoms with Gasteiger partial charge in [-0.25, -0.2) is 4.79 Å². The number of anilines is 1. The van der Waals surface area contributed by atoms with Gasteiger partial charge in [-0.2, -0.15) is 55.1 Å². The monoisotopic (exact) mass is 1110 g/mol. The summed E-state index contributed by atoms with van der Waals surface area (Å²) in [6.07, 6.45) is 2.76. The van der Waals surface area contributed by atoms with Crippen LogP contribution in [0.25, 0.3) is 0 Å². The SMILES string of the molecule is CC1(C)C(/C=C/C=C2/N(CCCS(=O)(=O)O)c3cc(C(=O)NCCS(=O)(=O)O)cc(C(=O)NCCS(=O)(=O)O)c3C2(C)CCCS(=O)(=O)O)=[N+](CCCS(=O)(=O)O)c2cc(S(=O)(=O)O)cc(C(=O)O)c21. The number of nitrogens with zero attached hydrogens (tertiary/aromatic N) is 2. The van der Waals surface area contributed by atoms with Gasteiger partial charge in [0.05, 0.1) is 45.3 Å². The zero-order valence-corrected chi connectivity index (χ0v) is 42.2. The molecule has 4 rings (SSSR count). The lowest BCUT2D eigenvalue weighted by Gasteiger charge is -2.31. The molecule has 1 atom stereocenters. The van der Waals surface area contributed by atoms with E-state index in [1.165, 1.54) is 54.5 Å². The van der Waals surface area contributed by atoms with Crippen LogP contribution in [-0.2, 0) is 71.5 Å². The molecule has 0 saturated carbocycles. The summed E-state index contributed by atoms with van der Waals surface area (Å²) in [5, 5.41) is 14.8. The lowest BCUT2D eigenvalue weighted by atomic mass is 9.75. The van der Waals surface area contributed by atoms with Crippen molar-refractivity contribution in [1.29, 1.82) is 0 Å². The number of hydrogen-bond acceptors (Lipinski definition) is 16. The number of benzene rings is 2. The van der Waals surface area contributed by atoms with Crippen LogP contribution in [0, 0.1) is 0 Å². The zero-order valence-electron chi connectivity index (χ0n) is 37.3. The third kappa shape index (κ3) is 15.1. The van der Waals surface area contributed by atoms with Gasteiger partial charge < -0.3 is 20.6 Å². The first-order chi connectivity index (χ1) is 31.8. The summed E-state index contributed by atoms with van der Waals surface area (Å²) in [7, 11) is -28.2. The number of rotatable bonds is 24. The molecule has 0 bridgehead atoms. The van der Waals surface area contributed by atoms with E-state index in [1.54, 1.807) is 0 Å². The molecule has 2 amide bonds. The van der Waals surface area contributed by atoms with Crippen molar-refractivity contribution < 1.29 is 102 Å². The highest BCUT2D eigenvalue weighted by Gasteiger charge is 2.49. The van der Waals surface area contributed by atoms with Crippen LogP contribution in [0.15, 0.2) is 53.1 Å². The fourth-order valence-electron chi connectivity index (χ4n) is 8.41. The lowest BCUT2D eigenvalue weighted by Crippen LogP contribution is -2.33. The van der Waals surface area contributed by atoms with E-state index in [0.29, 0.717) is 0 Å². The molecule has 0 spiro atoms. The summed E-state index contributed by atoms with van der Waals surface area (Å²) >= 11 is 0. The molecule has 26 nitrogen and oxygen atoms in total. The van der Waals surface area contributed by atoms with E-state index >= 15 is 0 Å². The van der Waals surface area contributed by atoms with Crippen LogP contribution in [0.4, 0.5) is 11.4 Å². The first-order valence-electron chi connectivity index (χ1n) is 20.5. The van der Waals surface area contributed by atoms with Gasteiger partial charge >= 0.3 is 5.97 Å². The fourth-order valence-corrected chi connectivity index (χ4v) is 11.2. The Hall–Kier alpha value is -4.74. The van der Waals surface area contributed by atoms with Gasteiger partial charge in [0.25, 0.3) is 72.5 Å². The van der Waals surface area contributed by atoms with E-state index in [1.807, 2.05) is 0 Å². The highest BCUT2D eigenvalue weighted by atomic mass is 32.2. The Morgan fingerprint density at radius 1 is 0.643 bits per heavy atom. The molecular weight excluding hydrogens is 1060 g/mol. The molecule has 2 aromatic rings. The van der Waals surface area contributed by atoms with Gasteiger partial charge in [-0.15, -0.1) is 0 Å². The summed E-state index contributed by atoms with van der Waals surface area (Å²) < 4.78 is 201. The number of allylic oxidation sites excluding steroid dienone is 4. The summed E-state index contributed by atoms with van der Waals surface area (Å²) in [5.41, 5.74) is -4.26. The quantitative estimate of drug-likeness (QED) is 0.0515. The van der Waals surface area contributed by atoms with Crippen molar-refractivity contribution >= 4 is 95.6 Å². The minimum atomic E-state index is -5.05. The topological polar surface area (TPSA) is 428 Å². The first kappa shape index (κ1) is 57.8. The summed E-state index contributed by atoms with van der Waals surface area (Å²) in [5.74, 6) is -8.19. The predicted molar refractivity (Wildman–Crippen MR) is 250 cm³/mol. The largest absolute Gasteiger partial charge is 0.478 e. The Morgan fingerprint density at radius 3 is 1.67 bits per heavy atom. The Kier molecular flexibility index (Phi) is 17.5. The molecule has 32 heteroatoms. The normalized spacial score (nSPS) is 18.1. The van der Waals surface area contributed by atoms with E-state index in [9.17, 15) is 97.3 Å². The fraction of sp³-hybridized carbons (Fsp3) is 0.474. The third-order valence-electron chi connectivity index (χ3n) is 11.2. The number of carboxylic acid groups (broad SMARTS) is 1. The van der Waals surface area contributed by atoms with Crippen LogP contribution in [0.3, 0.4) is 0 Å². The minimum absolute atomic E-state index is 0.00812. The van der Waals surface area contributed by atoms with Crippen molar-refractivity contribution in [3.63, 3.8) is 0 Å². The van der Waals surface area contributed by atoms with Crippen LogP contribution in [0.5, 0.6) is 0 Å². The molecule has 2 aliphatic rings. The first-order valence-corrected chi connectivity index (χ1v) is 30.0. The van der Waals surface area contributed by atoms with Gasteiger partial charge in [-0.3, -0.25) is 36.9 Å². The third-order valence-corrected chi connectivity index (χ3v) is 15.9. The smallest absolute Gasteiger partial charge is 0.336 e. The van der Waals surface area contributed by atoms with Gasteiger partial charge in [-0.1, -0.05) is 6.08 Å². The number of carbonyl (C=O) groups is 3. The number of amides is 2. The summed E-state index contributed by atoms with van der Waals surface area (Å²) in [6.45, 7) is 2.51. The lowest BCUT2D eigenvalue weighted by molar-refractivity contribution is -0.437. The van der Waals surface area contributed by atoms with E-state index in [-0.39, 0.29) is 78.2 Å². The van der Waals surface area contributed by atoms with Gasteiger partial charge in [0.15, 0.2) is 5.71 Å². The van der Waals surface area contributed by atoms with Crippen molar-refractivity contribution in [2.45, 2.75) is 62.2 Å². The molecule has 0 aliphatic carbocycles. The van der Waals surface area contributed by atoms with Crippen molar-refractivity contribution in [1.82, 2.24) is 10.6 Å². The molecular formula is C38H51N4O22S6+. The van der Waals surface area contributed by atoms with Crippen LogP contribution in [-0.4, -0.2) is 166 Å². The van der Waals surface area contributed by atoms with Gasteiger partial charge in [0, 0.05) is 71.7 Å². The average Bonchev–Trinajstić information content (AvgIpc) is 3.53. The van der Waals surface area contributed by atoms with E-state index in [4.69, 9.17) is 0 Å². The Bertz CT molecular complexity index is 3260. The zero-order chi connectivity index (χ0) is 53.2. The molecule has 2 aromatic carbocycles. The second-order valence-corrected chi connectivity index (χ2v) is 26.2. The molecule has 9 N–H and O–H groups in total. The maximum absolute atomic E-state index is 14.1. The molecule has 0 fully saturated rings. The van der Waals surface area contributed by atoms with Crippen LogP contribution >= 0.6 is 0 Å².